The fourth-order valence-corrected chi connectivity index (χ4v) is 1.03. The van der Waals surface area contributed by atoms with Crippen LogP contribution in [0.5, 0.6) is 0 Å². The molecule has 0 radical (unpaired) electrons. The van der Waals surface area contributed by atoms with Gasteiger partial charge in [0.1, 0.15) is 0 Å². The molecule has 0 aromatic carbocycles. The van der Waals surface area contributed by atoms with Gasteiger partial charge in [-0.2, -0.15) is 0 Å². The molecule has 0 aliphatic carbocycles. The second-order valence-corrected chi connectivity index (χ2v) is 3.72. The third-order valence-corrected chi connectivity index (χ3v) is 2.22. The highest BCUT2D eigenvalue weighted by Crippen LogP contribution is 2.04. The van der Waals surface area contributed by atoms with Crippen molar-refractivity contribution < 1.29 is 23.8 Å². The number of esters is 2. The maximum Gasteiger partial charge on any atom is 0.330 e. The zero-order chi connectivity index (χ0) is 17.8. The van der Waals surface area contributed by atoms with Gasteiger partial charge < -0.3 is 14.2 Å². The zero-order valence-electron chi connectivity index (χ0n) is 14.1. The van der Waals surface area contributed by atoms with E-state index in [1.807, 2.05) is 13.8 Å². The normalized spacial score (nSPS) is 9.77. The Balaban J connectivity index is -0.000000339. The predicted molar refractivity (Wildman–Crippen MR) is 89.5 cm³/mol. The average molecular weight is 314 g/mol. The number of rotatable bonds is 9. The summed E-state index contributed by atoms with van der Waals surface area (Å²) in [5.74, 6) is -0.429. The van der Waals surface area contributed by atoms with Crippen LogP contribution in [0, 0.1) is 5.92 Å². The Morgan fingerprint density at radius 1 is 0.909 bits per heavy atom. The summed E-state index contributed by atoms with van der Waals surface area (Å²) in [6.07, 6.45) is 3.27. The van der Waals surface area contributed by atoms with E-state index >= 15 is 0 Å². The Kier molecular flexibility index (Phi) is 24.4. The zero-order valence-corrected chi connectivity index (χ0v) is 14.1. The van der Waals surface area contributed by atoms with E-state index in [9.17, 15) is 9.59 Å². The van der Waals surface area contributed by atoms with Crippen molar-refractivity contribution in [2.45, 2.75) is 27.2 Å². The molecule has 0 rings (SSSR count). The molecule has 22 heavy (non-hydrogen) atoms. The molecule has 0 aliphatic rings. The minimum atomic E-state index is -0.366. The molecule has 0 saturated carbocycles. The van der Waals surface area contributed by atoms with Crippen molar-refractivity contribution in [2.75, 3.05) is 26.4 Å². The molecule has 5 nitrogen and oxygen atoms in total. The first-order valence-corrected chi connectivity index (χ1v) is 7.21. The van der Waals surface area contributed by atoms with Gasteiger partial charge in [-0.1, -0.05) is 20.1 Å². The van der Waals surface area contributed by atoms with Gasteiger partial charge in [0.25, 0.3) is 0 Å². The van der Waals surface area contributed by atoms with Gasteiger partial charge in [0, 0.05) is 24.7 Å². The molecule has 1 atom stereocenters. The van der Waals surface area contributed by atoms with E-state index in [-0.39, 0.29) is 11.9 Å². The largest absolute Gasteiger partial charge is 0.463 e. The quantitative estimate of drug-likeness (QED) is 0.371. The summed E-state index contributed by atoms with van der Waals surface area (Å²) in [6.45, 7) is 20.5. The topological polar surface area (TPSA) is 61.8 Å². The molecule has 0 N–H and O–H groups in total. The van der Waals surface area contributed by atoms with Crippen LogP contribution < -0.4 is 0 Å². The summed E-state index contributed by atoms with van der Waals surface area (Å²) in [6, 6.07) is 0. The summed E-state index contributed by atoms with van der Waals surface area (Å²) >= 11 is 0. The van der Waals surface area contributed by atoms with Crippen LogP contribution in [-0.4, -0.2) is 38.4 Å². The first kappa shape index (κ1) is 25.1. The van der Waals surface area contributed by atoms with Crippen LogP contribution in [0.3, 0.4) is 0 Å². The van der Waals surface area contributed by atoms with Crippen molar-refractivity contribution >= 4 is 11.9 Å². The van der Waals surface area contributed by atoms with Gasteiger partial charge in [-0.25, -0.2) is 9.59 Å². The molecular formula is C17H30O5. The molecular weight excluding hydrogens is 284 g/mol. The van der Waals surface area contributed by atoms with Gasteiger partial charge in [0.05, 0.1) is 19.8 Å². The van der Waals surface area contributed by atoms with Crippen molar-refractivity contribution in [3.8, 4) is 0 Å². The summed E-state index contributed by atoms with van der Waals surface area (Å²) in [4.78, 5) is 20.8. The lowest BCUT2D eigenvalue weighted by atomic mass is 10.1. The fraction of sp³-hybridized carbons (Fsp3) is 0.529. The van der Waals surface area contributed by atoms with Gasteiger partial charge in [-0.05, 0) is 20.3 Å². The molecule has 0 aromatic rings. The smallest absolute Gasteiger partial charge is 0.330 e. The molecule has 0 spiro atoms. The van der Waals surface area contributed by atoms with Crippen molar-refractivity contribution in [3.63, 3.8) is 0 Å². The first-order valence-electron chi connectivity index (χ1n) is 7.21. The second kappa shape index (κ2) is 21.4. The third kappa shape index (κ3) is 20.4. The Hall–Kier alpha value is -1.88. The molecule has 0 aliphatic heterocycles. The molecule has 5 heteroatoms. The predicted octanol–water partition coefficient (Wildman–Crippen LogP) is 3.32. The van der Waals surface area contributed by atoms with Gasteiger partial charge in [0.15, 0.2) is 0 Å². The summed E-state index contributed by atoms with van der Waals surface area (Å²) in [7, 11) is 0. The highest BCUT2D eigenvalue weighted by molar-refractivity contribution is 5.81. The van der Waals surface area contributed by atoms with Gasteiger partial charge in [0.2, 0.25) is 0 Å². The van der Waals surface area contributed by atoms with E-state index in [4.69, 9.17) is 9.47 Å². The minimum Gasteiger partial charge on any atom is -0.463 e. The standard InChI is InChI=1S/C10H18O3.C5H8O2.C2H4/c1-4-9(7-12-6-3)8-13-10(11)5-2;1-3-5(6)7-4-2;1-2/h5,9H,2,4,6-8H2,1,3H3;3H,1,4H2,2H3;1-2H2. The summed E-state index contributed by atoms with van der Waals surface area (Å²) in [5, 5.41) is 0. The lowest BCUT2D eigenvalue weighted by Crippen LogP contribution is -2.17. The van der Waals surface area contributed by atoms with E-state index < -0.39 is 0 Å². The van der Waals surface area contributed by atoms with Crippen LogP contribution in [0.4, 0.5) is 0 Å². The van der Waals surface area contributed by atoms with E-state index in [0.29, 0.717) is 32.3 Å². The van der Waals surface area contributed by atoms with E-state index in [1.54, 1.807) is 6.92 Å². The maximum absolute atomic E-state index is 10.7. The number of hydrogen-bond acceptors (Lipinski definition) is 5. The van der Waals surface area contributed by atoms with Crippen LogP contribution in [-0.2, 0) is 23.8 Å². The van der Waals surface area contributed by atoms with Crippen molar-refractivity contribution in [1.82, 2.24) is 0 Å². The second-order valence-electron chi connectivity index (χ2n) is 3.72. The van der Waals surface area contributed by atoms with Crippen molar-refractivity contribution in [2.24, 2.45) is 5.92 Å². The van der Waals surface area contributed by atoms with E-state index in [2.05, 4.69) is 31.1 Å². The Morgan fingerprint density at radius 3 is 1.73 bits per heavy atom. The Bertz CT molecular complexity index is 299. The highest BCUT2D eigenvalue weighted by atomic mass is 16.5. The molecule has 1 unspecified atom stereocenters. The number of hydrogen-bond donors (Lipinski definition) is 0. The first-order chi connectivity index (χ1) is 10.5. The molecule has 0 saturated heterocycles. The van der Waals surface area contributed by atoms with Crippen molar-refractivity contribution in [3.05, 3.63) is 38.5 Å². The lowest BCUT2D eigenvalue weighted by Gasteiger charge is -2.13. The number of carbonyl (C=O) groups is 2. The van der Waals surface area contributed by atoms with Crippen LogP contribution in [0.25, 0.3) is 0 Å². The lowest BCUT2D eigenvalue weighted by molar-refractivity contribution is -0.140. The number of ether oxygens (including phenoxy) is 3. The molecule has 0 heterocycles. The summed E-state index contributed by atoms with van der Waals surface area (Å²) < 4.78 is 14.6. The van der Waals surface area contributed by atoms with Crippen LogP contribution in [0.2, 0.25) is 0 Å². The Labute approximate surface area is 134 Å². The minimum absolute atomic E-state index is 0.295. The van der Waals surface area contributed by atoms with Crippen LogP contribution >= 0.6 is 0 Å². The highest BCUT2D eigenvalue weighted by Gasteiger charge is 2.08. The van der Waals surface area contributed by atoms with Crippen molar-refractivity contribution in [1.29, 1.82) is 0 Å². The van der Waals surface area contributed by atoms with Crippen LogP contribution in [0.1, 0.15) is 27.2 Å². The molecule has 0 bridgehead atoms. The SMILES string of the molecule is C=C.C=CC(=O)OCC.C=CC(=O)OCC(CC)COCC. The fourth-order valence-electron chi connectivity index (χ4n) is 1.03. The summed E-state index contributed by atoms with van der Waals surface area (Å²) in [5.41, 5.74) is 0. The average Bonchev–Trinajstić information content (AvgIpc) is 2.57. The molecule has 128 valence electrons. The monoisotopic (exact) mass is 314 g/mol. The van der Waals surface area contributed by atoms with E-state index in [1.165, 1.54) is 6.08 Å². The van der Waals surface area contributed by atoms with E-state index in [0.717, 1.165) is 12.5 Å². The van der Waals surface area contributed by atoms with Gasteiger partial charge >= 0.3 is 11.9 Å². The maximum atomic E-state index is 10.7. The Morgan fingerprint density at radius 2 is 1.41 bits per heavy atom. The molecule has 0 fully saturated rings. The molecule has 0 amide bonds. The van der Waals surface area contributed by atoms with Gasteiger partial charge in [-0.3, -0.25) is 0 Å². The van der Waals surface area contributed by atoms with Crippen LogP contribution in [0.15, 0.2) is 38.5 Å². The third-order valence-electron chi connectivity index (χ3n) is 2.22. The molecule has 0 aromatic heterocycles. The number of carbonyl (C=O) groups excluding carboxylic acids is 2. The van der Waals surface area contributed by atoms with Gasteiger partial charge in [-0.15, -0.1) is 13.2 Å².